The molecule has 0 aromatic carbocycles. The van der Waals surface area contributed by atoms with Crippen molar-refractivity contribution in [2.45, 2.75) is 38.6 Å². The van der Waals surface area contributed by atoms with E-state index in [0.29, 0.717) is 16.2 Å². The molecule has 6 heteroatoms. The Labute approximate surface area is 112 Å². The van der Waals surface area contributed by atoms with E-state index in [2.05, 4.69) is 22.4 Å². The van der Waals surface area contributed by atoms with Gasteiger partial charge >= 0.3 is 0 Å². The number of aromatic nitrogens is 2. The molecule has 0 aliphatic heterocycles. The van der Waals surface area contributed by atoms with E-state index in [1.807, 2.05) is 11.9 Å². The number of nitrogens with one attached hydrogen (secondary N) is 1. The summed E-state index contributed by atoms with van der Waals surface area (Å²) in [5.41, 5.74) is 0. The number of amides is 1. The van der Waals surface area contributed by atoms with Crippen LogP contribution in [0.25, 0.3) is 0 Å². The molecule has 1 saturated carbocycles. The van der Waals surface area contributed by atoms with Crippen LogP contribution in [0.3, 0.4) is 0 Å². The van der Waals surface area contributed by atoms with Crippen molar-refractivity contribution in [2.24, 2.45) is 5.92 Å². The van der Waals surface area contributed by atoms with Crippen LogP contribution < -0.4 is 5.32 Å². The van der Waals surface area contributed by atoms with Gasteiger partial charge in [0.1, 0.15) is 0 Å². The van der Waals surface area contributed by atoms with Gasteiger partial charge < -0.3 is 10.2 Å². The van der Waals surface area contributed by atoms with Crippen LogP contribution in [0.15, 0.2) is 0 Å². The van der Waals surface area contributed by atoms with Gasteiger partial charge in [-0.05, 0) is 31.6 Å². The van der Waals surface area contributed by atoms with Crippen molar-refractivity contribution in [3.63, 3.8) is 0 Å². The van der Waals surface area contributed by atoms with Gasteiger partial charge in [-0.1, -0.05) is 18.3 Å². The Hall–Kier alpha value is -1.17. The molecule has 0 spiro atoms. The maximum atomic E-state index is 12.3. The van der Waals surface area contributed by atoms with Crippen LogP contribution in [0.2, 0.25) is 0 Å². The van der Waals surface area contributed by atoms with Crippen molar-refractivity contribution < 1.29 is 4.79 Å². The van der Waals surface area contributed by atoms with Crippen molar-refractivity contribution in [2.75, 3.05) is 19.4 Å². The molecule has 0 atom stereocenters. The third-order valence-corrected chi connectivity index (χ3v) is 4.60. The second-order valence-electron chi connectivity index (χ2n) is 4.99. The molecule has 5 nitrogen and oxygen atoms in total. The van der Waals surface area contributed by atoms with Crippen LogP contribution in [0.1, 0.15) is 42.4 Å². The number of rotatable bonds is 3. The Balaban J connectivity index is 1.99. The number of carbonyl (C=O) groups excluding carboxylic acids is 1. The molecule has 0 saturated heterocycles. The minimum absolute atomic E-state index is 0.00597. The summed E-state index contributed by atoms with van der Waals surface area (Å²) in [6.07, 6.45) is 4.61. The predicted molar refractivity (Wildman–Crippen MR) is 73.0 cm³/mol. The zero-order valence-electron chi connectivity index (χ0n) is 11.1. The van der Waals surface area contributed by atoms with E-state index >= 15 is 0 Å². The third-order valence-electron chi connectivity index (χ3n) is 3.68. The number of nitrogens with zero attached hydrogens (tertiary/aromatic N) is 3. The molecule has 1 aliphatic carbocycles. The first-order valence-corrected chi connectivity index (χ1v) is 7.22. The van der Waals surface area contributed by atoms with Crippen LogP contribution in [-0.2, 0) is 0 Å². The molecule has 1 aliphatic rings. The second kappa shape index (κ2) is 5.65. The lowest BCUT2D eigenvalue weighted by atomic mass is 9.87. The highest BCUT2D eigenvalue weighted by Crippen LogP contribution is 2.27. The van der Waals surface area contributed by atoms with Crippen LogP contribution >= 0.6 is 11.3 Å². The maximum Gasteiger partial charge on any atom is 0.284 e. The lowest BCUT2D eigenvalue weighted by Gasteiger charge is -2.33. The monoisotopic (exact) mass is 268 g/mol. The summed E-state index contributed by atoms with van der Waals surface area (Å²) in [6, 6.07) is 0.357. The molecular formula is C12H20N4OS. The van der Waals surface area contributed by atoms with E-state index in [1.165, 1.54) is 24.2 Å². The van der Waals surface area contributed by atoms with Gasteiger partial charge in [0.05, 0.1) is 0 Å². The van der Waals surface area contributed by atoms with Crippen LogP contribution in [0.5, 0.6) is 0 Å². The zero-order valence-corrected chi connectivity index (χ0v) is 12.0. The van der Waals surface area contributed by atoms with Gasteiger partial charge in [0, 0.05) is 20.1 Å². The van der Waals surface area contributed by atoms with E-state index in [0.717, 1.165) is 18.8 Å². The van der Waals surface area contributed by atoms with Gasteiger partial charge in [0.2, 0.25) is 10.1 Å². The lowest BCUT2D eigenvalue weighted by Crippen LogP contribution is -2.39. The first-order chi connectivity index (χ1) is 8.61. The highest BCUT2D eigenvalue weighted by Gasteiger charge is 2.27. The van der Waals surface area contributed by atoms with Gasteiger partial charge in [-0.3, -0.25) is 4.79 Å². The lowest BCUT2D eigenvalue weighted by molar-refractivity contribution is 0.0678. The maximum absolute atomic E-state index is 12.3. The minimum atomic E-state index is -0.00597. The fourth-order valence-electron chi connectivity index (χ4n) is 2.36. The molecule has 0 unspecified atom stereocenters. The van der Waals surface area contributed by atoms with E-state index in [1.54, 1.807) is 7.05 Å². The highest BCUT2D eigenvalue weighted by atomic mass is 32.1. The van der Waals surface area contributed by atoms with Crippen LogP contribution in [-0.4, -0.2) is 41.1 Å². The molecule has 18 heavy (non-hydrogen) atoms. The van der Waals surface area contributed by atoms with E-state index in [4.69, 9.17) is 0 Å². The number of carbonyl (C=O) groups is 1. The van der Waals surface area contributed by atoms with Crippen LogP contribution in [0, 0.1) is 5.92 Å². The fourth-order valence-corrected chi connectivity index (χ4v) is 3.04. The first kappa shape index (κ1) is 13.3. The standard InChI is InChI=1S/C12H20N4OS/c1-8-4-6-9(7-5-8)16(3)11(17)10-14-15-12(13-2)18-10/h8-9H,4-7H2,1-3H3,(H,13,15). The average molecular weight is 268 g/mol. The molecule has 0 bridgehead atoms. The molecule has 1 amide bonds. The van der Waals surface area contributed by atoms with Gasteiger partial charge in [0.15, 0.2) is 0 Å². The third kappa shape index (κ3) is 2.80. The highest BCUT2D eigenvalue weighted by molar-refractivity contribution is 7.17. The summed E-state index contributed by atoms with van der Waals surface area (Å²) >= 11 is 1.31. The van der Waals surface area contributed by atoms with Crippen LogP contribution in [0.4, 0.5) is 5.13 Å². The Bertz CT molecular complexity index is 412. The molecule has 2 rings (SSSR count). The first-order valence-electron chi connectivity index (χ1n) is 6.40. The van der Waals surface area contributed by atoms with E-state index < -0.39 is 0 Å². The van der Waals surface area contributed by atoms with Crippen molar-refractivity contribution >= 4 is 22.4 Å². The normalized spacial score (nSPS) is 23.7. The fraction of sp³-hybridized carbons (Fsp3) is 0.750. The van der Waals surface area contributed by atoms with Crippen molar-refractivity contribution in [3.05, 3.63) is 5.01 Å². The molecule has 1 N–H and O–H groups in total. The van der Waals surface area contributed by atoms with Crippen molar-refractivity contribution in [3.8, 4) is 0 Å². The number of hydrogen-bond acceptors (Lipinski definition) is 5. The Kier molecular flexibility index (Phi) is 4.16. The largest absolute Gasteiger partial charge is 0.363 e. The molecule has 0 radical (unpaired) electrons. The zero-order chi connectivity index (χ0) is 13.1. The van der Waals surface area contributed by atoms with Gasteiger partial charge in [0.25, 0.3) is 5.91 Å². The molecule has 1 aromatic heterocycles. The summed E-state index contributed by atoms with van der Waals surface area (Å²) in [5, 5.41) is 11.9. The van der Waals surface area contributed by atoms with Gasteiger partial charge in [-0.25, -0.2) is 0 Å². The van der Waals surface area contributed by atoms with Crippen molar-refractivity contribution in [1.29, 1.82) is 0 Å². The number of anilines is 1. The Morgan fingerprint density at radius 1 is 1.33 bits per heavy atom. The summed E-state index contributed by atoms with van der Waals surface area (Å²) in [4.78, 5) is 14.1. The minimum Gasteiger partial charge on any atom is -0.363 e. The quantitative estimate of drug-likeness (QED) is 0.913. The van der Waals surface area contributed by atoms with E-state index in [-0.39, 0.29) is 5.91 Å². The summed E-state index contributed by atoms with van der Waals surface area (Å²) in [5.74, 6) is 0.788. The SMILES string of the molecule is CNc1nnc(C(=O)N(C)C2CCC(C)CC2)s1. The number of hydrogen-bond donors (Lipinski definition) is 1. The Morgan fingerprint density at radius 2 is 2.00 bits per heavy atom. The topological polar surface area (TPSA) is 58.1 Å². The Morgan fingerprint density at radius 3 is 2.56 bits per heavy atom. The van der Waals surface area contributed by atoms with Gasteiger partial charge in [-0.2, -0.15) is 0 Å². The molecule has 100 valence electrons. The van der Waals surface area contributed by atoms with Gasteiger partial charge in [-0.15, -0.1) is 10.2 Å². The summed E-state index contributed by atoms with van der Waals surface area (Å²) in [7, 11) is 3.66. The summed E-state index contributed by atoms with van der Waals surface area (Å²) < 4.78 is 0. The average Bonchev–Trinajstić information content (AvgIpc) is 2.86. The molecule has 1 aromatic rings. The molecular weight excluding hydrogens is 248 g/mol. The molecule has 1 heterocycles. The van der Waals surface area contributed by atoms with Crippen molar-refractivity contribution in [1.82, 2.24) is 15.1 Å². The summed E-state index contributed by atoms with van der Waals surface area (Å²) in [6.45, 7) is 2.28. The van der Waals surface area contributed by atoms with E-state index in [9.17, 15) is 4.79 Å². The smallest absolute Gasteiger partial charge is 0.284 e. The molecule has 1 fully saturated rings. The second-order valence-corrected chi connectivity index (χ2v) is 5.97. The predicted octanol–water partition coefficient (Wildman–Crippen LogP) is 2.23.